The Balaban J connectivity index is 3.64. The zero-order valence-corrected chi connectivity index (χ0v) is 6.54. The van der Waals surface area contributed by atoms with Crippen LogP contribution in [0.4, 0.5) is 0 Å². The minimum Gasteiger partial charge on any atom is -0.396 e. The molecule has 0 aliphatic heterocycles. The Morgan fingerprint density at radius 2 is 1.80 bits per heavy atom. The molecule has 0 saturated heterocycles. The zero-order chi connectivity index (χ0) is 8.20. The number of hydrogen-bond acceptors (Lipinski definition) is 3. The van der Waals surface area contributed by atoms with Crippen LogP contribution in [0.3, 0.4) is 0 Å². The van der Waals surface area contributed by atoms with Gasteiger partial charge in [-0.3, -0.25) is 0 Å². The smallest absolute Gasteiger partial charge is 0.0776 e. The Morgan fingerprint density at radius 1 is 1.30 bits per heavy atom. The third-order valence-electron chi connectivity index (χ3n) is 1.43. The molecule has 1 unspecified atom stereocenters. The van der Waals surface area contributed by atoms with Crippen LogP contribution in [0.15, 0.2) is 0 Å². The molecule has 0 bridgehead atoms. The molecule has 0 heterocycles. The van der Waals surface area contributed by atoms with E-state index in [4.69, 9.17) is 15.3 Å². The molecule has 0 spiro atoms. The SMILES string of the molecule is CC(C)(CO)CC(O)CO. The second-order valence-corrected chi connectivity index (χ2v) is 3.36. The van der Waals surface area contributed by atoms with Crippen molar-refractivity contribution in [1.82, 2.24) is 0 Å². The summed E-state index contributed by atoms with van der Waals surface area (Å²) in [6.45, 7) is 3.48. The number of aliphatic hydroxyl groups is 3. The molecule has 0 aromatic rings. The molecule has 0 aliphatic rings. The highest BCUT2D eigenvalue weighted by Gasteiger charge is 2.20. The molecular formula is C7H16O3. The standard InChI is InChI=1S/C7H16O3/c1-7(2,5-9)3-6(10)4-8/h6,8-10H,3-5H2,1-2H3. The monoisotopic (exact) mass is 148 g/mol. The lowest BCUT2D eigenvalue weighted by Gasteiger charge is -2.23. The van der Waals surface area contributed by atoms with Crippen molar-refractivity contribution in [2.45, 2.75) is 26.4 Å². The van der Waals surface area contributed by atoms with Crippen molar-refractivity contribution < 1.29 is 15.3 Å². The molecule has 0 radical (unpaired) electrons. The lowest BCUT2D eigenvalue weighted by atomic mass is 9.88. The molecule has 3 N–H and O–H groups in total. The minimum atomic E-state index is -0.706. The quantitative estimate of drug-likeness (QED) is 0.515. The van der Waals surface area contributed by atoms with E-state index in [9.17, 15) is 0 Å². The molecule has 62 valence electrons. The fourth-order valence-corrected chi connectivity index (χ4v) is 0.767. The second-order valence-electron chi connectivity index (χ2n) is 3.36. The van der Waals surface area contributed by atoms with E-state index in [1.165, 1.54) is 0 Å². The van der Waals surface area contributed by atoms with Gasteiger partial charge in [0.25, 0.3) is 0 Å². The Kier molecular flexibility index (Phi) is 3.86. The van der Waals surface area contributed by atoms with Crippen molar-refractivity contribution in [2.24, 2.45) is 5.41 Å². The van der Waals surface area contributed by atoms with Crippen LogP contribution < -0.4 is 0 Å². The van der Waals surface area contributed by atoms with Gasteiger partial charge >= 0.3 is 0 Å². The van der Waals surface area contributed by atoms with Crippen molar-refractivity contribution in [3.8, 4) is 0 Å². The second kappa shape index (κ2) is 3.91. The topological polar surface area (TPSA) is 60.7 Å². The third kappa shape index (κ3) is 3.82. The van der Waals surface area contributed by atoms with Crippen LogP contribution in [0.1, 0.15) is 20.3 Å². The summed E-state index contributed by atoms with van der Waals surface area (Å²) in [5, 5.41) is 26.2. The maximum absolute atomic E-state index is 8.96. The van der Waals surface area contributed by atoms with E-state index in [0.29, 0.717) is 6.42 Å². The summed E-state index contributed by atoms with van der Waals surface area (Å²) >= 11 is 0. The largest absolute Gasteiger partial charge is 0.396 e. The molecule has 1 atom stereocenters. The third-order valence-corrected chi connectivity index (χ3v) is 1.43. The summed E-state index contributed by atoms with van der Waals surface area (Å²) in [5.74, 6) is 0. The maximum Gasteiger partial charge on any atom is 0.0776 e. The molecule has 0 amide bonds. The normalized spacial score (nSPS) is 15.3. The summed E-state index contributed by atoms with van der Waals surface area (Å²) in [5.41, 5.74) is -0.290. The van der Waals surface area contributed by atoms with Crippen molar-refractivity contribution >= 4 is 0 Å². The first-order valence-electron chi connectivity index (χ1n) is 3.41. The van der Waals surface area contributed by atoms with Crippen molar-refractivity contribution in [3.63, 3.8) is 0 Å². The Hall–Kier alpha value is -0.120. The lowest BCUT2D eigenvalue weighted by molar-refractivity contribution is 0.0359. The average Bonchev–Trinajstić information content (AvgIpc) is 1.87. The first-order valence-corrected chi connectivity index (χ1v) is 3.41. The van der Waals surface area contributed by atoms with E-state index >= 15 is 0 Å². The van der Waals surface area contributed by atoms with Gasteiger partial charge < -0.3 is 15.3 Å². The highest BCUT2D eigenvalue weighted by molar-refractivity contribution is 4.71. The van der Waals surface area contributed by atoms with E-state index in [1.807, 2.05) is 13.8 Å². The van der Waals surface area contributed by atoms with Gasteiger partial charge in [-0.25, -0.2) is 0 Å². The van der Waals surface area contributed by atoms with Crippen LogP contribution in [0.2, 0.25) is 0 Å². The molecule has 3 heteroatoms. The molecule has 0 aromatic carbocycles. The Morgan fingerprint density at radius 3 is 2.10 bits per heavy atom. The molecule has 0 fully saturated rings. The van der Waals surface area contributed by atoms with Crippen molar-refractivity contribution in [3.05, 3.63) is 0 Å². The van der Waals surface area contributed by atoms with E-state index in [0.717, 1.165) is 0 Å². The first-order chi connectivity index (χ1) is 4.52. The zero-order valence-electron chi connectivity index (χ0n) is 6.54. The van der Waals surface area contributed by atoms with Crippen LogP contribution in [0, 0.1) is 5.41 Å². The van der Waals surface area contributed by atoms with Gasteiger partial charge in [0, 0.05) is 6.61 Å². The summed E-state index contributed by atoms with van der Waals surface area (Å²) in [6.07, 6.45) is -0.276. The van der Waals surface area contributed by atoms with Gasteiger partial charge in [-0.2, -0.15) is 0 Å². The van der Waals surface area contributed by atoms with Crippen LogP contribution in [-0.2, 0) is 0 Å². The van der Waals surface area contributed by atoms with E-state index in [2.05, 4.69) is 0 Å². The first kappa shape index (κ1) is 9.88. The van der Waals surface area contributed by atoms with Crippen LogP contribution in [-0.4, -0.2) is 34.6 Å². The van der Waals surface area contributed by atoms with Gasteiger partial charge in [-0.1, -0.05) is 13.8 Å². The predicted molar refractivity (Wildman–Crippen MR) is 38.6 cm³/mol. The van der Waals surface area contributed by atoms with Crippen LogP contribution in [0.25, 0.3) is 0 Å². The summed E-state index contributed by atoms with van der Waals surface area (Å²) < 4.78 is 0. The Bertz CT molecular complexity index is 90.9. The lowest BCUT2D eigenvalue weighted by Crippen LogP contribution is -2.26. The van der Waals surface area contributed by atoms with Crippen LogP contribution >= 0.6 is 0 Å². The number of aliphatic hydroxyl groups excluding tert-OH is 3. The van der Waals surface area contributed by atoms with E-state index in [1.54, 1.807) is 0 Å². The molecule has 0 rings (SSSR count). The van der Waals surface area contributed by atoms with Gasteiger partial charge in [0.15, 0.2) is 0 Å². The summed E-state index contributed by atoms with van der Waals surface area (Å²) in [6, 6.07) is 0. The average molecular weight is 148 g/mol. The molecule has 10 heavy (non-hydrogen) atoms. The molecule has 0 aromatic heterocycles. The van der Waals surface area contributed by atoms with Gasteiger partial charge in [0.05, 0.1) is 12.7 Å². The van der Waals surface area contributed by atoms with Crippen molar-refractivity contribution in [2.75, 3.05) is 13.2 Å². The highest BCUT2D eigenvalue weighted by atomic mass is 16.3. The fraction of sp³-hybridized carbons (Fsp3) is 1.00. The molecular weight excluding hydrogens is 132 g/mol. The molecule has 0 aliphatic carbocycles. The van der Waals surface area contributed by atoms with E-state index in [-0.39, 0.29) is 18.6 Å². The van der Waals surface area contributed by atoms with Crippen LogP contribution in [0.5, 0.6) is 0 Å². The fourth-order valence-electron chi connectivity index (χ4n) is 0.767. The molecule has 3 nitrogen and oxygen atoms in total. The molecule has 0 saturated carbocycles. The predicted octanol–water partition coefficient (Wildman–Crippen LogP) is -0.252. The minimum absolute atomic E-state index is 0.0318. The number of hydrogen-bond donors (Lipinski definition) is 3. The van der Waals surface area contributed by atoms with Gasteiger partial charge in [-0.05, 0) is 11.8 Å². The highest BCUT2D eigenvalue weighted by Crippen LogP contribution is 2.20. The van der Waals surface area contributed by atoms with Crippen molar-refractivity contribution in [1.29, 1.82) is 0 Å². The number of rotatable bonds is 4. The van der Waals surface area contributed by atoms with Gasteiger partial charge in [0.1, 0.15) is 0 Å². The van der Waals surface area contributed by atoms with Gasteiger partial charge in [-0.15, -0.1) is 0 Å². The van der Waals surface area contributed by atoms with Gasteiger partial charge in [0.2, 0.25) is 0 Å². The summed E-state index contributed by atoms with van der Waals surface area (Å²) in [7, 11) is 0. The summed E-state index contributed by atoms with van der Waals surface area (Å²) in [4.78, 5) is 0. The maximum atomic E-state index is 8.96. The van der Waals surface area contributed by atoms with E-state index < -0.39 is 6.10 Å². The Labute approximate surface area is 61.3 Å².